The van der Waals surface area contributed by atoms with Gasteiger partial charge in [0.05, 0.1) is 6.04 Å². The maximum atomic E-state index is 12.0. The van der Waals surface area contributed by atoms with Crippen LogP contribution < -0.4 is 11.1 Å². The van der Waals surface area contributed by atoms with Crippen LogP contribution in [0.5, 0.6) is 0 Å². The summed E-state index contributed by atoms with van der Waals surface area (Å²) < 4.78 is 0. The van der Waals surface area contributed by atoms with E-state index in [1.807, 2.05) is 18.2 Å². The van der Waals surface area contributed by atoms with Gasteiger partial charge in [-0.15, -0.1) is 0 Å². The van der Waals surface area contributed by atoms with E-state index >= 15 is 0 Å². The van der Waals surface area contributed by atoms with Crippen molar-refractivity contribution in [3.63, 3.8) is 0 Å². The second kappa shape index (κ2) is 8.70. The highest BCUT2D eigenvalue weighted by atomic mass is 16.2. The Balaban J connectivity index is 2.36. The van der Waals surface area contributed by atoms with Crippen molar-refractivity contribution < 1.29 is 4.79 Å². The number of hydrogen-bond donors (Lipinski definition) is 2. The Kier molecular flexibility index (Phi) is 7.19. The Labute approximate surface area is 116 Å². The van der Waals surface area contributed by atoms with Gasteiger partial charge >= 0.3 is 0 Å². The number of carbonyl (C=O) groups excluding carboxylic acids is 1. The number of amides is 1. The van der Waals surface area contributed by atoms with E-state index in [0.717, 1.165) is 25.7 Å². The Hall–Kier alpha value is -1.35. The number of benzene rings is 1. The number of hydrogen-bond acceptors (Lipinski definition) is 2. The number of rotatable bonds is 8. The Morgan fingerprint density at radius 3 is 2.47 bits per heavy atom. The molecule has 19 heavy (non-hydrogen) atoms. The third-order valence-corrected chi connectivity index (χ3v) is 3.40. The standard InChI is InChI=1S/C16H26N2O/c1-3-8-14(4-2)18-16(19)15(17)12-11-13-9-6-5-7-10-13/h5-7,9-10,14-15H,3-4,8,11-12,17H2,1-2H3,(H,18,19). The Bertz CT molecular complexity index is 364. The van der Waals surface area contributed by atoms with Gasteiger partial charge in [-0.25, -0.2) is 0 Å². The summed E-state index contributed by atoms with van der Waals surface area (Å²) in [6, 6.07) is 10.00. The largest absolute Gasteiger partial charge is 0.352 e. The quantitative estimate of drug-likeness (QED) is 0.756. The number of aryl methyl sites for hydroxylation is 1. The maximum Gasteiger partial charge on any atom is 0.237 e. The molecule has 0 spiro atoms. The van der Waals surface area contributed by atoms with Crippen LogP contribution in [-0.2, 0) is 11.2 Å². The van der Waals surface area contributed by atoms with Gasteiger partial charge in [-0.1, -0.05) is 50.6 Å². The van der Waals surface area contributed by atoms with Crippen LogP contribution in [-0.4, -0.2) is 18.0 Å². The molecular formula is C16H26N2O. The van der Waals surface area contributed by atoms with Crippen molar-refractivity contribution in [3.05, 3.63) is 35.9 Å². The van der Waals surface area contributed by atoms with Crippen LogP contribution in [0.4, 0.5) is 0 Å². The van der Waals surface area contributed by atoms with Crippen molar-refractivity contribution in [2.75, 3.05) is 0 Å². The zero-order valence-corrected chi connectivity index (χ0v) is 12.1. The zero-order valence-electron chi connectivity index (χ0n) is 12.1. The average molecular weight is 262 g/mol. The van der Waals surface area contributed by atoms with Gasteiger partial charge in [-0.2, -0.15) is 0 Å². The van der Waals surface area contributed by atoms with Gasteiger partial charge in [0, 0.05) is 6.04 Å². The highest BCUT2D eigenvalue weighted by Crippen LogP contribution is 2.06. The van der Waals surface area contributed by atoms with Gasteiger partial charge in [0.25, 0.3) is 0 Å². The van der Waals surface area contributed by atoms with Gasteiger partial charge in [0.15, 0.2) is 0 Å². The lowest BCUT2D eigenvalue weighted by Crippen LogP contribution is -2.45. The molecule has 0 fully saturated rings. The molecule has 0 radical (unpaired) electrons. The number of nitrogens with two attached hydrogens (primary N) is 1. The third kappa shape index (κ3) is 5.88. The molecule has 106 valence electrons. The molecule has 1 rings (SSSR count). The molecule has 0 aliphatic carbocycles. The molecule has 3 heteroatoms. The third-order valence-electron chi connectivity index (χ3n) is 3.40. The topological polar surface area (TPSA) is 55.1 Å². The van der Waals surface area contributed by atoms with Crippen LogP contribution in [0.15, 0.2) is 30.3 Å². The van der Waals surface area contributed by atoms with E-state index < -0.39 is 6.04 Å². The molecule has 3 N–H and O–H groups in total. The first-order valence-corrected chi connectivity index (χ1v) is 7.27. The fourth-order valence-electron chi connectivity index (χ4n) is 2.13. The minimum Gasteiger partial charge on any atom is -0.352 e. The van der Waals surface area contributed by atoms with Crippen LogP contribution in [0, 0.1) is 0 Å². The van der Waals surface area contributed by atoms with Crippen molar-refractivity contribution in [1.29, 1.82) is 0 Å². The molecule has 0 bridgehead atoms. The molecule has 0 aliphatic heterocycles. The van der Waals surface area contributed by atoms with E-state index in [9.17, 15) is 4.79 Å². The minimum absolute atomic E-state index is 0.0174. The van der Waals surface area contributed by atoms with E-state index in [4.69, 9.17) is 5.73 Å². The Morgan fingerprint density at radius 2 is 1.89 bits per heavy atom. The molecule has 3 nitrogen and oxygen atoms in total. The summed E-state index contributed by atoms with van der Waals surface area (Å²) in [5.74, 6) is -0.0174. The lowest BCUT2D eigenvalue weighted by molar-refractivity contribution is -0.123. The van der Waals surface area contributed by atoms with Gasteiger partial charge in [0.2, 0.25) is 5.91 Å². The molecule has 1 aromatic rings. The second-order valence-electron chi connectivity index (χ2n) is 5.03. The maximum absolute atomic E-state index is 12.0. The van der Waals surface area contributed by atoms with Crippen LogP contribution in [0.25, 0.3) is 0 Å². The van der Waals surface area contributed by atoms with Gasteiger partial charge in [-0.05, 0) is 31.2 Å². The molecule has 2 unspecified atom stereocenters. The average Bonchev–Trinajstić information content (AvgIpc) is 2.45. The van der Waals surface area contributed by atoms with Crippen molar-refractivity contribution in [2.45, 2.75) is 58.0 Å². The fourth-order valence-corrected chi connectivity index (χ4v) is 2.13. The summed E-state index contributed by atoms with van der Waals surface area (Å²) in [4.78, 5) is 12.0. The van der Waals surface area contributed by atoms with Crippen molar-refractivity contribution in [3.8, 4) is 0 Å². The van der Waals surface area contributed by atoms with Crippen molar-refractivity contribution in [1.82, 2.24) is 5.32 Å². The predicted octanol–water partition coefficient (Wildman–Crippen LogP) is 2.64. The van der Waals surface area contributed by atoms with Crippen molar-refractivity contribution >= 4 is 5.91 Å². The summed E-state index contributed by atoms with van der Waals surface area (Å²) in [7, 11) is 0. The van der Waals surface area contributed by atoms with Crippen molar-refractivity contribution in [2.24, 2.45) is 5.73 Å². The summed E-state index contributed by atoms with van der Waals surface area (Å²) in [5, 5.41) is 3.04. The molecule has 0 aromatic heterocycles. The minimum atomic E-state index is -0.411. The predicted molar refractivity (Wildman–Crippen MR) is 79.9 cm³/mol. The molecule has 0 heterocycles. The summed E-state index contributed by atoms with van der Waals surface area (Å²) in [6.45, 7) is 4.22. The Morgan fingerprint density at radius 1 is 1.21 bits per heavy atom. The molecule has 0 saturated carbocycles. The summed E-state index contributed by atoms with van der Waals surface area (Å²) >= 11 is 0. The van der Waals surface area contributed by atoms with Gasteiger partial charge in [0.1, 0.15) is 0 Å². The van der Waals surface area contributed by atoms with E-state index in [0.29, 0.717) is 6.42 Å². The van der Waals surface area contributed by atoms with Crippen LogP contribution in [0.3, 0.4) is 0 Å². The molecular weight excluding hydrogens is 236 g/mol. The van der Waals surface area contributed by atoms with E-state index in [-0.39, 0.29) is 11.9 Å². The van der Waals surface area contributed by atoms with E-state index in [2.05, 4.69) is 31.3 Å². The van der Waals surface area contributed by atoms with E-state index in [1.165, 1.54) is 5.56 Å². The fraction of sp³-hybridized carbons (Fsp3) is 0.562. The number of nitrogens with one attached hydrogen (secondary N) is 1. The van der Waals surface area contributed by atoms with Crippen LogP contribution in [0.1, 0.15) is 45.1 Å². The first-order valence-electron chi connectivity index (χ1n) is 7.27. The highest BCUT2D eigenvalue weighted by Gasteiger charge is 2.16. The molecule has 0 saturated heterocycles. The normalized spacial score (nSPS) is 13.8. The summed E-state index contributed by atoms with van der Waals surface area (Å²) in [5.41, 5.74) is 7.18. The van der Waals surface area contributed by atoms with E-state index in [1.54, 1.807) is 0 Å². The monoisotopic (exact) mass is 262 g/mol. The first kappa shape index (κ1) is 15.7. The molecule has 0 aliphatic rings. The van der Waals surface area contributed by atoms with Crippen LogP contribution >= 0.6 is 0 Å². The van der Waals surface area contributed by atoms with Gasteiger partial charge < -0.3 is 11.1 Å². The number of carbonyl (C=O) groups is 1. The lowest BCUT2D eigenvalue weighted by atomic mass is 10.0. The SMILES string of the molecule is CCCC(CC)NC(=O)C(N)CCc1ccccc1. The molecule has 1 aromatic carbocycles. The lowest BCUT2D eigenvalue weighted by Gasteiger charge is -2.19. The smallest absolute Gasteiger partial charge is 0.237 e. The molecule has 2 atom stereocenters. The molecule has 1 amide bonds. The highest BCUT2D eigenvalue weighted by molar-refractivity contribution is 5.81. The van der Waals surface area contributed by atoms with Gasteiger partial charge in [-0.3, -0.25) is 4.79 Å². The first-order chi connectivity index (χ1) is 9.17. The summed E-state index contributed by atoms with van der Waals surface area (Å²) in [6.07, 6.45) is 4.61. The van der Waals surface area contributed by atoms with Crippen LogP contribution in [0.2, 0.25) is 0 Å². The second-order valence-corrected chi connectivity index (χ2v) is 5.03. The zero-order chi connectivity index (χ0) is 14.1.